The van der Waals surface area contributed by atoms with Crippen LogP contribution < -0.4 is 5.32 Å². The Morgan fingerprint density at radius 1 is 1.20 bits per heavy atom. The number of carbonyl (C=O) groups excluding carboxylic acids is 1. The van der Waals surface area contributed by atoms with E-state index in [2.05, 4.69) is 5.32 Å². The van der Waals surface area contributed by atoms with Crippen molar-refractivity contribution in [3.63, 3.8) is 0 Å². The van der Waals surface area contributed by atoms with Crippen molar-refractivity contribution in [3.8, 4) is 0 Å². The van der Waals surface area contributed by atoms with Crippen LogP contribution in [0.15, 0.2) is 24.3 Å². The maximum Gasteiger partial charge on any atom is 0.416 e. The Hall–Kier alpha value is -2.05. The van der Waals surface area contributed by atoms with Gasteiger partial charge in [-0.3, -0.25) is 9.59 Å². The molecule has 0 saturated heterocycles. The van der Waals surface area contributed by atoms with Crippen molar-refractivity contribution in [1.82, 2.24) is 5.32 Å². The first-order chi connectivity index (χ1) is 11.7. The van der Waals surface area contributed by atoms with Crippen molar-refractivity contribution < 1.29 is 27.9 Å². The molecule has 2 fully saturated rings. The van der Waals surface area contributed by atoms with E-state index in [9.17, 15) is 22.8 Å². The molecule has 2 atom stereocenters. The Balaban J connectivity index is 1.70. The SMILES string of the molecule is O=C(O)C1CCC1C(=O)NCC1(c2cccc(C(F)(F)F)c2)CCC1. The predicted octanol–water partition coefficient (Wildman–Crippen LogP) is 3.35. The van der Waals surface area contributed by atoms with Gasteiger partial charge in [0, 0.05) is 12.0 Å². The van der Waals surface area contributed by atoms with Crippen LogP contribution in [0.25, 0.3) is 0 Å². The summed E-state index contributed by atoms with van der Waals surface area (Å²) in [6.07, 6.45) is -1.05. The first-order valence-electron chi connectivity index (χ1n) is 8.41. The van der Waals surface area contributed by atoms with E-state index in [0.717, 1.165) is 18.6 Å². The molecular weight excluding hydrogens is 335 g/mol. The van der Waals surface area contributed by atoms with Gasteiger partial charge in [0.1, 0.15) is 0 Å². The molecule has 2 aliphatic rings. The summed E-state index contributed by atoms with van der Waals surface area (Å²) in [5, 5.41) is 11.8. The van der Waals surface area contributed by atoms with Crippen molar-refractivity contribution in [2.45, 2.75) is 43.7 Å². The second-order valence-electron chi connectivity index (χ2n) is 7.06. The molecule has 25 heavy (non-hydrogen) atoms. The van der Waals surface area contributed by atoms with E-state index < -0.39 is 35.0 Å². The molecule has 0 bridgehead atoms. The first kappa shape index (κ1) is 17.8. The fourth-order valence-corrected chi connectivity index (χ4v) is 3.69. The highest BCUT2D eigenvalue weighted by Gasteiger charge is 2.44. The van der Waals surface area contributed by atoms with Crippen LogP contribution in [0.4, 0.5) is 13.2 Å². The molecule has 0 aromatic heterocycles. The number of carboxylic acid groups (broad SMARTS) is 1. The first-order valence-corrected chi connectivity index (χ1v) is 8.41. The van der Waals surface area contributed by atoms with Crippen LogP contribution in [-0.2, 0) is 21.2 Å². The molecule has 2 unspecified atom stereocenters. The number of alkyl halides is 3. The van der Waals surface area contributed by atoms with Gasteiger partial charge in [0.15, 0.2) is 0 Å². The van der Waals surface area contributed by atoms with Crippen LogP contribution in [0.1, 0.15) is 43.2 Å². The fourth-order valence-electron chi connectivity index (χ4n) is 3.69. The lowest BCUT2D eigenvalue weighted by Gasteiger charge is -2.43. The average Bonchev–Trinajstić information content (AvgIpc) is 2.43. The Bertz CT molecular complexity index is 682. The zero-order valence-electron chi connectivity index (χ0n) is 13.6. The Morgan fingerprint density at radius 3 is 2.36 bits per heavy atom. The quantitative estimate of drug-likeness (QED) is 0.851. The van der Waals surface area contributed by atoms with Crippen LogP contribution in [0.2, 0.25) is 0 Å². The Morgan fingerprint density at radius 2 is 1.88 bits per heavy atom. The number of carboxylic acids is 1. The molecule has 0 heterocycles. The molecule has 2 saturated carbocycles. The van der Waals surface area contributed by atoms with Gasteiger partial charge in [-0.25, -0.2) is 0 Å². The number of amides is 1. The van der Waals surface area contributed by atoms with Gasteiger partial charge in [0.2, 0.25) is 5.91 Å². The largest absolute Gasteiger partial charge is 0.481 e. The molecule has 2 N–H and O–H groups in total. The van der Waals surface area contributed by atoms with Crippen LogP contribution in [0.3, 0.4) is 0 Å². The monoisotopic (exact) mass is 355 g/mol. The molecule has 0 radical (unpaired) electrons. The van der Waals surface area contributed by atoms with Gasteiger partial charge in [0.05, 0.1) is 17.4 Å². The summed E-state index contributed by atoms with van der Waals surface area (Å²) < 4.78 is 38.8. The zero-order valence-corrected chi connectivity index (χ0v) is 13.6. The minimum Gasteiger partial charge on any atom is -0.481 e. The lowest BCUT2D eigenvalue weighted by atomic mass is 9.64. The highest BCUT2D eigenvalue weighted by Crippen LogP contribution is 2.45. The molecule has 3 rings (SSSR count). The molecule has 1 amide bonds. The second kappa shape index (κ2) is 6.35. The van der Waals surface area contributed by atoms with Crippen molar-refractivity contribution in [2.75, 3.05) is 6.54 Å². The number of benzene rings is 1. The molecular formula is C18H20F3NO3. The molecule has 4 nitrogen and oxygen atoms in total. The minimum absolute atomic E-state index is 0.246. The van der Waals surface area contributed by atoms with Crippen LogP contribution in [0.5, 0.6) is 0 Å². The fraction of sp³-hybridized carbons (Fsp3) is 0.556. The number of hydrogen-bond acceptors (Lipinski definition) is 2. The lowest BCUT2D eigenvalue weighted by molar-refractivity contribution is -0.152. The van der Waals surface area contributed by atoms with Crippen LogP contribution >= 0.6 is 0 Å². The number of aliphatic carboxylic acids is 1. The van der Waals surface area contributed by atoms with Gasteiger partial charge in [-0.05, 0) is 37.3 Å². The molecule has 136 valence electrons. The van der Waals surface area contributed by atoms with Crippen LogP contribution in [-0.4, -0.2) is 23.5 Å². The van der Waals surface area contributed by atoms with Gasteiger partial charge in [-0.1, -0.05) is 24.6 Å². The molecule has 0 spiro atoms. The maximum atomic E-state index is 12.9. The van der Waals surface area contributed by atoms with Crippen LogP contribution in [0, 0.1) is 11.8 Å². The normalized spacial score (nSPS) is 24.8. The third-order valence-corrected chi connectivity index (χ3v) is 5.64. The summed E-state index contributed by atoms with van der Waals surface area (Å²) in [7, 11) is 0. The number of halogens is 3. The second-order valence-corrected chi connectivity index (χ2v) is 7.06. The molecule has 0 aliphatic heterocycles. The van der Waals surface area contributed by atoms with Gasteiger partial charge in [-0.15, -0.1) is 0 Å². The Kier molecular flexibility index (Phi) is 4.51. The number of rotatable bonds is 5. The smallest absolute Gasteiger partial charge is 0.416 e. The third-order valence-electron chi connectivity index (χ3n) is 5.64. The molecule has 1 aromatic carbocycles. The molecule has 2 aliphatic carbocycles. The van der Waals surface area contributed by atoms with E-state index in [4.69, 9.17) is 5.11 Å². The van der Waals surface area contributed by atoms with Crippen molar-refractivity contribution in [3.05, 3.63) is 35.4 Å². The van der Waals surface area contributed by atoms with Gasteiger partial charge < -0.3 is 10.4 Å². The highest BCUT2D eigenvalue weighted by molar-refractivity contribution is 5.86. The summed E-state index contributed by atoms with van der Waals surface area (Å²) in [5.74, 6) is -2.46. The summed E-state index contributed by atoms with van der Waals surface area (Å²) in [5.41, 5.74) is -0.593. The van der Waals surface area contributed by atoms with E-state index in [-0.39, 0.29) is 12.5 Å². The summed E-state index contributed by atoms with van der Waals surface area (Å²) in [6.45, 7) is 0.246. The molecule has 7 heteroatoms. The minimum atomic E-state index is -4.40. The summed E-state index contributed by atoms with van der Waals surface area (Å²) in [6, 6.07) is 5.27. The van der Waals surface area contributed by atoms with Gasteiger partial charge >= 0.3 is 12.1 Å². The van der Waals surface area contributed by atoms with Gasteiger partial charge in [-0.2, -0.15) is 13.2 Å². The number of carbonyl (C=O) groups is 2. The maximum absolute atomic E-state index is 12.9. The van der Waals surface area contributed by atoms with Crippen molar-refractivity contribution >= 4 is 11.9 Å². The van der Waals surface area contributed by atoms with E-state index in [0.29, 0.717) is 31.2 Å². The lowest BCUT2D eigenvalue weighted by Crippen LogP contribution is -2.50. The van der Waals surface area contributed by atoms with Crippen molar-refractivity contribution in [2.24, 2.45) is 11.8 Å². The summed E-state index contributed by atoms with van der Waals surface area (Å²) >= 11 is 0. The van der Waals surface area contributed by atoms with Gasteiger partial charge in [0.25, 0.3) is 0 Å². The number of nitrogens with one attached hydrogen (secondary N) is 1. The topological polar surface area (TPSA) is 66.4 Å². The predicted molar refractivity (Wildman–Crippen MR) is 83.8 cm³/mol. The third kappa shape index (κ3) is 3.37. The standard InChI is InChI=1S/C18H20F3NO3/c19-18(20,21)12-4-1-3-11(9-12)17(7-2-8-17)10-22-15(23)13-5-6-14(13)16(24)25/h1,3-4,9,13-14H,2,5-8,10H2,(H,22,23)(H,24,25). The highest BCUT2D eigenvalue weighted by atomic mass is 19.4. The van der Waals surface area contributed by atoms with E-state index in [1.807, 2.05) is 0 Å². The Labute approximate surface area is 143 Å². The number of hydrogen-bond donors (Lipinski definition) is 2. The van der Waals surface area contributed by atoms with E-state index in [1.54, 1.807) is 6.07 Å². The van der Waals surface area contributed by atoms with E-state index in [1.165, 1.54) is 6.07 Å². The average molecular weight is 355 g/mol. The summed E-state index contributed by atoms with van der Waals surface area (Å²) in [4.78, 5) is 23.3. The van der Waals surface area contributed by atoms with E-state index >= 15 is 0 Å². The molecule has 1 aromatic rings. The zero-order chi connectivity index (χ0) is 18.2. The van der Waals surface area contributed by atoms with Crippen molar-refractivity contribution in [1.29, 1.82) is 0 Å².